The second kappa shape index (κ2) is 33.2. The van der Waals surface area contributed by atoms with Crippen molar-refractivity contribution in [2.75, 3.05) is 26.4 Å². The molecule has 1 amide bonds. The van der Waals surface area contributed by atoms with Gasteiger partial charge in [-0.2, -0.15) is 0 Å². The van der Waals surface area contributed by atoms with Gasteiger partial charge in [0.15, 0.2) is 18.9 Å². The number of amides is 1. The zero-order chi connectivity index (χ0) is 48.4. The van der Waals surface area contributed by atoms with Crippen LogP contribution >= 0.6 is 0 Å². The number of nitrogens with one attached hydrogen (secondary N) is 1. The highest BCUT2D eigenvalue weighted by Gasteiger charge is 2.53. The lowest BCUT2D eigenvalue weighted by Crippen LogP contribution is -2.66. The van der Waals surface area contributed by atoms with Crippen LogP contribution in [0, 0.1) is 0 Å². The van der Waals surface area contributed by atoms with Crippen molar-refractivity contribution in [2.45, 2.75) is 253 Å². The summed E-state index contributed by atoms with van der Waals surface area (Å²) in [5.41, 5.74) is 0. The van der Waals surface area contributed by atoms with Gasteiger partial charge in [-0.1, -0.05) is 135 Å². The van der Waals surface area contributed by atoms with Gasteiger partial charge in [-0.15, -0.1) is 0 Å². The molecule has 66 heavy (non-hydrogen) atoms. The topological polar surface area (TPSA) is 307 Å². The third kappa shape index (κ3) is 19.4. The van der Waals surface area contributed by atoms with Crippen LogP contribution in [-0.2, 0) is 33.2 Å². The van der Waals surface area contributed by atoms with E-state index in [1.165, 1.54) is 77.0 Å². The number of hydrogen-bond acceptors (Lipinski definition) is 18. The molecule has 3 aliphatic rings. The molecule has 0 bridgehead atoms. The number of allylic oxidation sites excluding steroid dienone is 1. The molecule has 388 valence electrons. The Morgan fingerprint density at radius 1 is 0.530 bits per heavy atom. The Morgan fingerprint density at radius 3 is 1.42 bits per heavy atom. The largest absolute Gasteiger partial charge is 0.394 e. The van der Waals surface area contributed by atoms with Gasteiger partial charge in [0, 0.05) is 6.42 Å². The quantitative estimate of drug-likeness (QED) is 0.0317. The Kier molecular flexibility index (Phi) is 29.6. The summed E-state index contributed by atoms with van der Waals surface area (Å²) >= 11 is 0. The van der Waals surface area contributed by atoms with Crippen molar-refractivity contribution < 1.29 is 89.4 Å². The molecule has 3 fully saturated rings. The fourth-order valence-corrected chi connectivity index (χ4v) is 8.60. The van der Waals surface area contributed by atoms with Gasteiger partial charge in [-0.05, 0) is 19.3 Å². The minimum absolute atomic E-state index is 0.246. The summed E-state index contributed by atoms with van der Waals surface area (Å²) < 4.78 is 33.9. The van der Waals surface area contributed by atoms with E-state index < -0.39 is 124 Å². The van der Waals surface area contributed by atoms with Crippen LogP contribution in [0.3, 0.4) is 0 Å². The maximum atomic E-state index is 13.1. The van der Waals surface area contributed by atoms with Crippen LogP contribution in [0.25, 0.3) is 0 Å². The monoisotopic (exact) mass is 954 g/mol. The van der Waals surface area contributed by atoms with Gasteiger partial charge in [-0.3, -0.25) is 4.79 Å². The Labute approximate surface area is 391 Å². The lowest BCUT2D eigenvalue weighted by Gasteiger charge is -2.48. The zero-order valence-electron chi connectivity index (χ0n) is 39.4. The number of aliphatic hydroxyl groups is 11. The first-order chi connectivity index (χ1) is 31.8. The van der Waals surface area contributed by atoms with Crippen LogP contribution in [0.2, 0.25) is 0 Å². The Bertz CT molecular complexity index is 1280. The molecule has 19 heteroatoms. The third-order valence-electron chi connectivity index (χ3n) is 12.8. The minimum atomic E-state index is -1.97. The van der Waals surface area contributed by atoms with E-state index in [2.05, 4.69) is 19.2 Å². The van der Waals surface area contributed by atoms with E-state index in [4.69, 9.17) is 28.4 Å². The molecule has 3 aliphatic heterocycles. The molecule has 12 N–H and O–H groups in total. The first-order valence-corrected chi connectivity index (χ1v) is 24.9. The van der Waals surface area contributed by atoms with E-state index in [1.807, 2.05) is 6.08 Å². The number of unbranched alkanes of at least 4 members (excludes halogenated alkanes) is 18. The first kappa shape index (κ1) is 58.8. The van der Waals surface area contributed by atoms with Crippen molar-refractivity contribution in [3.63, 3.8) is 0 Å². The lowest BCUT2D eigenvalue weighted by molar-refractivity contribution is -0.379. The molecule has 0 aromatic heterocycles. The van der Waals surface area contributed by atoms with Crippen LogP contribution < -0.4 is 5.32 Å². The third-order valence-corrected chi connectivity index (χ3v) is 12.8. The summed E-state index contributed by atoms with van der Waals surface area (Å²) in [6, 6.07) is -0.962. The molecule has 0 aromatic rings. The Balaban J connectivity index is 1.50. The Morgan fingerprint density at radius 2 is 0.939 bits per heavy atom. The van der Waals surface area contributed by atoms with Crippen LogP contribution in [0.5, 0.6) is 0 Å². The molecule has 3 heterocycles. The number of hydrogen-bond donors (Lipinski definition) is 12. The zero-order valence-corrected chi connectivity index (χ0v) is 39.4. The van der Waals surface area contributed by atoms with E-state index in [-0.39, 0.29) is 18.9 Å². The van der Waals surface area contributed by atoms with Crippen molar-refractivity contribution in [2.24, 2.45) is 0 Å². The number of aliphatic hydroxyl groups excluding tert-OH is 11. The fourth-order valence-electron chi connectivity index (χ4n) is 8.60. The molecule has 3 saturated heterocycles. The second-order valence-electron chi connectivity index (χ2n) is 18.3. The maximum Gasteiger partial charge on any atom is 0.220 e. The summed E-state index contributed by atoms with van der Waals surface area (Å²) in [7, 11) is 0. The highest BCUT2D eigenvalue weighted by Crippen LogP contribution is 2.33. The summed E-state index contributed by atoms with van der Waals surface area (Å²) in [6.07, 6.45) is 0.0253. The standard InChI is InChI=1S/C47H87NO18/c1-3-5-7-9-10-11-12-13-14-15-16-17-18-19-21-23-25-35(53)48-30(31(52)24-22-20-8-6-4-2)29-61-45-41(59)38(56)43(33(27-50)63-45)66-47-42(60)39(57)44(34(28-51)64-47)65-46-40(58)37(55)36(54)32(26-49)62-46/h22,24,30-34,36-47,49-52,54-60H,3-21,23,25-29H2,1-2H3,(H,48,53)/b24-22+. The molecule has 19 nitrogen and oxygen atoms in total. The van der Waals surface area contributed by atoms with Gasteiger partial charge >= 0.3 is 0 Å². The van der Waals surface area contributed by atoms with E-state index in [0.717, 1.165) is 44.9 Å². The highest BCUT2D eigenvalue weighted by atomic mass is 16.8. The van der Waals surface area contributed by atoms with E-state index in [1.54, 1.807) is 6.08 Å². The predicted molar refractivity (Wildman–Crippen MR) is 240 cm³/mol. The molecule has 17 atom stereocenters. The van der Waals surface area contributed by atoms with Gasteiger partial charge in [0.2, 0.25) is 5.91 Å². The number of carbonyl (C=O) groups excluding carboxylic acids is 1. The van der Waals surface area contributed by atoms with Crippen molar-refractivity contribution in [1.29, 1.82) is 0 Å². The van der Waals surface area contributed by atoms with E-state index in [0.29, 0.717) is 6.42 Å². The van der Waals surface area contributed by atoms with E-state index >= 15 is 0 Å². The van der Waals surface area contributed by atoms with Crippen LogP contribution in [-0.4, -0.2) is 193 Å². The van der Waals surface area contributed by atoms with Crippen molar-refractivity contribution in [1.82, 2.24) is 5.32 Å². The normalized spacial score (nSPS) is 33.9. The van der Waals surface area contributed by atoms with Crippen LogP contribution in [0.1, 0.15) is 149 Å². The summed E-state index contributed by atoms with van der Waals surface area (Å²) in [5.74, 6) is -0.283. The van der Waals surface area contributed by atoms with Gasteiger partial charge in [0.25, 0.3) is 0 Å². The number of ether oxygens (including phenoxy) is 6. The summed E-state index contributed by atoms with van der Waals surface area (Å²) in [6.45, 7) is 1.56. The molecule has 17 unspecified atom stereocenters. The molecule has 0 aromatic carbocycles. The average Bonchev–Trinajstić information content (AvgIpc) is 3.31. The highest BCUT2D eigenvalue weighted by molar-refractivity contribution is 5.76. The molecule has 0 aliphatic carbocycles. The lowest BCUT2D eigenvalue weighted by atomic mass is 9.96. The van der Waals surface area contributed by atoms with Gasteiger partial charge < -0.3 is 89.9 Å². The molecule has 0 spiro atoms. The van der Waals surface area contributed by atoms with Crippen molar-refractivity contribution in [3.8, 4) is 0 Å². The smallest absolute Gasteiger partial charge is 0.220 e. The van der Waals surface area contributed by atoms with E-state index in [9.17, 15) is 61.0 Å². The maximum absolute atomic E-state index is 13.1. The molecular weight excluding hydrogens is 867 g/mol. The van der Waals surface area contributed by atoms with Crippen molar-refractivity contribution in [3.05, 3.63) is 12.2 Å². The molecule has 0 saturated carbocycles. The molecular formula is C47H87NO18. The van der Waals surface area contributed by atoms with Gasteiger partial charge in [0.05, 0.1) is 38.6 Å². The molecule has 3 rings (SSSR count). The Hall–Kier alpha value is -1.47. The SMILES string of the molecule is CCCCC/C=C/C(O)C(COC1OC(CO)C(OC2OC(CO)C(OC3OC(CO)C(O)C(O)C3O)C(O)C2O)C(O)C1O)NC(=O)CCCCCCCCCCCCCCCCCC. The van der Waals surface area contributed by atoms with Crippen LogP contribution in [0.4, 0.5) is 0 Å². The van der Waals surface area contributed by atoms with Crippen LogP contribution in [0.15, 0.2) is 12.2 Å². The first-order valence-electron chi connectivity index (χ1n) is 24.9. The van der Waals surface area contributed by atoms with Gasteiger partial charge in [-0.25, -0.2) is 0 Å². The minimum Gasteiger partial charge on any atom is -0.394 e. The average molecular weight is 954 g/mol. The summed E-state index contributed by atoms with van der Waals surface area (Å²) in [4.78, 5) is 13.1. The summed E-state index contributed by atoms with van der Waals surface area (Å²) in [5, 5.41) is 119. The number of rotatable bonds is 34. The molecule has 0 radical (unpaired) electrons. The van der Waals surface area contributed by atoms with Gasteiger partial charge in [0.1, 0.15) is 73.2 Å². The predicted octanol–water partition coefficient (Wildman–Crippen LogP) is 1.09. The van der Waals surface area contributed by atoms with Crippen molar-refractivity contribution >= 4 is 5.91 Å². The second-order valence-corrected chi connectivity index (χ2v) is 18.3. The number of carbonyl (C=O) groups is 1. The fraction of sp³-hybridized carbons (Fsp3) is 0.936.